The van der Waals surface area contributed by atoms with Crippen LogP contribution in [0.5, 0.6) is 5.75 Å². The zero-order valence-corrected chi connectivity index (χ0v) is 13.7. The van der Waals surface area contributed by atoms with Crippen LogP contribution in [0.25, 0.3) is 5.69 Å². The number of hydrogen-bond donors (Lipinski definition) is 0. The Bertz CT molecular complexity index is 884. The number of nitrogens with zero attached hydrogens (tertiary/aromatic N) is 1. The summed E-state index contributed by atoms with van der Waals surface area (Å²) >= 11 is 0. The molecule has 3 rings (SSSR count). The summed E-state index contributed by atoms with van der Waals surface area (Å²) in [5.74, 6) is -0.400. The summed E-state index contributed by atoms with van der Waals surface area (Å²) in [6, 6.07) is 17.7. The predicted molar refractivity (Wildman–Crippen MR) is 93.4 cm³/mol. The van der Waals surface area contributed by atoms with Crippen molar-refractivity contribution >= 4 is 11.8 Å². The zero-order valence-electron chi connectivity index (χ0n) is 13.7. The molecule has 0 spiro atoms. The minimum absolute atomic E-state index is 0.313. The van der Waals surface area contributed by atoms with E-state index in [-0.39, 0.29) is 12.4 Å². The number of para-hydroxylation sites is 1. The van der Waals surface area contributed by atoms with E-state index in [1.807, 2.05) is 35.2 Å². The normalized spacial score (nSPS) is 10.3. The maximum Gasteiger partial charge on any atom is 0.338 e. The maximum absolute atomic E-state index is 12.3. The van der Waals surface area contributed by atoms with Crippen LogP contribution in [0.1, 0.15) is 20.7 Å². The average Bonchev–Trinajstić information content (AvgIpc) is 3.20. The van der Waals surface area contributed by atoms with Crippen LogP contribution in [0.15, 0.2) is 73.1 Å². The smallest absolute Gasteiger partial charge is 0.338 e. The molecular formula is C20H17NO4. The maximum atomic E-state index is 12.3. The second-order valence-electron chi connectivity index (χ2n) is 5.34. The molecule has 0 aliphatic rings. The van der Waals surface area contributed by atoms with E-state index in [4.69, 9.17) is 9.47 Å². The van der Waals surface area contributed by atoms with E-state index in [0.717, 1.165) is 5.69 Å². The van der Waals surface area contributed by atoms with Crippen molar-refractivity contribution in [3.8, 4) is 11.4 Å². The van der Waals surface area contributed by atoms with Gasteiger partial charge in [0.25, 0.3) is 0 Å². The molecule has 25 heavy (non-hydrogen) atoms. The molecule has 5 heteroatoms. The van der Waals surface area contributed by atoms with Gasteiger partial charge in [-0.2, -0.15) is 0 Å². The third-order valence-electron chi connectivity index (χ3n) is 3.73. The first-order chi connectivity index (χ1) is 12.2. The number of carbonyl (C=O) groups is 2. The second kappa shape index (κ2) is 7.49. The molecule has 0 N–H and O–H groups in total. The molecule has 1 heterocycles. The number of ketones is 1. The molecule has 5 nitrogen and oxygen atoms in total. The van der Waals surface area contributed by atoms with Crippen molar-refractivity contribution in [2.75, 3.05) is 13.7 Å². The van der Waals surface area contributed by atoms with E-state index in [0.29, 0.717) is 16.9 Å². The second-order valence-corrected chi connectivity index (χ2v) is 5.34. The Morgan fingerprint density at radius 1 is 0.960 bits per heavy atom. The fourth-order valence-electron chi connectivity index (χ4n) is 2.47. The summed E-state index contributed by atoms with van der Waals surface area (Å²) in [6.07, 6.45) is 3.77. The summed E-state index contributed by atoms with van der Waals surface area (Å²) in [7, 11) is 1.49. The Morgan fingerprint density at radius 3 is 2.48 bits per heavy atom. The lowest BCUT2D eigenvalue weighted by Gasteiger charge is -2.09. The zero-order chi connectivity index (χ0) is 17.6. The molecule has 0 aliphatic heterocycles. The predicted octanol–water partition coefficient (Wildman–Crippen LogP) is 3.53. The van der Waals surface area contributed by atoms with E-state index >= 15 is 0 Å². The number of carbonyl (C=O) groups excluding carboxylic acids is 2. The Labute approximate surface area is 145 Å². The van der Waals surface area contributed by atoms with Gasteiger partial charge in [-0.3, -0.25) is 4.79 Å². The first kappa shape index (κ1) is 16.5. The van der Waals surface area contributed by atoms with Crippen molar-refractivity contribution in [3.05, 3.63) is 84.2 Å². The average molecular weight is 335 g/mol. The topological polar surface area (TPSA) is 57.5 Å². The van der Waals surface area contributed by atoms with Crippen LogP contribution in [0.4, 0.5) is 0 Å². The molecule has 0 bridgehead atoms. The van der Waals surface area contributed by atoms with E-state index < -0.39 is 5.97 Å². The van der Waals surface area contributed by atoms with Crippen molar-refractivity contribution < 1.29 is 19.1 Å². The van der Waals surface area contributed by atoms with Gasteiger partial charge in [-0.15, -0.1) is 0 Å². The molecule has 3 aromatic rings. The molecule has 0 atom stereocenters. The van der Waals surface area contributed by atoms with Gasteiger partial charge in [0.1, 0.15) is 5.75 Å². The first-order valence-electron chi connectivity index (χ1n) is 7.76. The number of ether oxygens (including phenoxy) is 2. The summed E-state index contributed by atoms with van der Waals surface area (Å²) in [6.45, 7) is -0.340. The van der Waals surface area contributed by atoms with Crippen LogP contribution in [0.3, 0.4) is 0 Å². The minimum Gasteiger partial charge on any atom is -0.496 e. The number of Topliss-reactive ketones (excluding diaryl/α,β-unsaturated/α-hetero) is 1. The molecule has 0 radical (unpaired) electrons. The van der Waals surface area contributed by atoms with Crippen LogP contribution in [0.2, 0.25) is 0 Å². The van der Waals surface area contributed by atoms with Gasteiger partial charge < -0.3 is 14.0 Å². The van der Waals surface area contributed by atoms with Gasteiger partial charge in [-0.25, -0.2) is 4.79 Å². The van der Waals surface area contributed by atoms with Crippen LogP contribution in [-0.4, -0.2) is 30.0 Å². The summed E-state index contributed by atoms with van der Waals surface area (Å²) < 4.78 is 12.2. The molecule has 0 saturated heterocycles. The van der Waals surface area contributed by atoms with E-state index in [1.54, 1.807) is 42.5 Å². The highest BCUT2D eigenvalue weighted by atomic mass is 16.5. The number of methoxy groups -OCH3 is 1. The number of hydrogen-bond acceptors (Lipinski definition) is 4. The third kappa shape index (κ3) is 3.77. The first-order valence-corrected chi connectivity index (χ1v) is 7.76. The van der Waals surface area contributed by atoms with Crippen molar-refractivity contribution in [1.82, 2.24) is 4.57 Å². The Kier molecular flexibility index (Phi) is 4.95. The van der Waals surface area contributed by atoms with E-state index in [9.17, 15) is 9.59 Å². The Balaban J connectivity index is 1.69. The van der Waals surface area contributed by atoms with Crippen LogP contribution >= 0.6 is 0 Å². The minimum atomic E-state index is -0.544. The van der Waals surface area contributed by atoms with Crippen LogP contribution in [0, 0.1) is 0 Å². The Morgan fingerprint density at radius 2 is 1.72 bits per heavy atom. The van der Waals surface area contributed by atoms with Gasteiger partial charge in [0.15, 0.2) is 6.61 Å². The van der Waals surface area contributed by atoms with Crippen molar-refractivity contribution in [2.24, 2.45) is 0 Å². The molecule has 0 amide bonds. The van der Waals surface area contributed by atoms with Gasteiger partial charge in [0.2, 0.25) is 5.78 Å². The van der Waals surface area contributed by atoms with Crippen molar-refractivity contribution in [3.63, 3.8) is 0 Å². The van der Waals surface area contributed by atoms with Gasteiger partial charge in [-0.05, 0) is 42.5 Å². The monoisotopic (exact) mass is 335 g/mol. The van der Waals surface area contributed by atoms with Crippen molar-refractivity contribution in [2.45, 2.75) is 0 Å². The molecule has 1 aromatic heterocycles. The molecule has 0 aliphatic carbocycles. The fourth-order valence-corrected chi connectivity index (χ4v) is 2.47. The lowest BCUT2D eigenvalue weighted by Crippen LogP contribution is -2.15. The lowest BCUT2D eigenvalue weighted by atomic mass is 10.1. The van der Waals surface area contributed by atoms with Gasteiger partial charge in [-0.1, -0.05) is 18.2 Å². The third-order valence-corrected chi connectivity index (χ3v) is 3.73. The highest BCUT2D eigenvalue weighted by molar-refractivity contribution is 6.01. The molecule has 0 fully saturated rings. The standard InChI is InChI=1S/C20H17NO4/c1-24-19-10-3-2-9-17(19)18(22)14-25-20(23)15-7-6-8-16(13-15)21-11-4-5-12-21/h2-13H,14H2,1H3. The molecular weight excluding hydrogens is 318 g/mol. The van der Waals surface area contributed by atoms with E-state index in [2.05, 4.69) is 0 Å². The molecule has 126 valence electrons. The quantitative estimate of drug-likeness (QED) is 0.511. The van der Waals surface area contributed by atoms with Crippen LogP contribution < -0.4 is 4.74 Å². The molecule has 0 unspecified atom stereocenters. The summed E-state index contributed by atoms with van der Waals surface area (Å²) in [5, 5.41) is 0. The number of esters is 1. The van der Waals surface area contributed by atoms with Gasteiger partial charge >= 0.3 is 5.97 Å². The number of aromatic nitrogens is 1. The number of benzene rings is 2. The highest BCUT2D eigenvalue weighted by Gasteiger charge is 2.15. The van der Waals surface area contributed by atoms with Crippen LogP contribution in [-0.2, 0) is 4.74 Å². The lowest BCUT2D eigenvalue weighted by molar-refractivity contribution is 0.0474. The van der Waals surface area contributed by atoms with Crippen molar-refractivity contribution in [1.29, 1.82) is 0 Å². The van der Waals surface area contributed by atoms with Gasteiger partial charge in [0, 0.05) is 18.1 Å². The molecule has 0 saturated carbocycles. The number of rotatable bonds is 6. The Hall–Kier alpha value is -3.34. The molecule has 2 aromatic carbocycles. The highest BCUT2D eigenvalue weighted by Crippen LogP contribution is 2.18. The fraction of sp³-hybridized carbons (Fsp3) is 0.100. The largest absolute Gasteiger partial charge is 0.496 e. The SMILES string of the molecule is COc1ccccc1C(=O)COC(=O)c1cccc(-n2cccc2)c1. The summed E-state index contributed by atoms with van der Waals surface area (Å²) in [5.41, 5.74) is 1.62. The van der Waals surface area contributed by atoms with Gasteiger partial charge in [0.05, 0.1) is 18.2 Å². The van der Waals surface area contributed by atoms with E-state index in [1.165, 1.54) is 7.11 Å². The summed E-state index contributed by atoms with van der Waals surface area (Å²) in [4.78, 5) is 24.5.